The van der Waals surface area contributed by atoms with Crippen LogP contribution in [0.1, 0.15) is 23.1 Å². The number of anilines is 1. The highest BCUT2D eigenvalue weighted by molar-refractivity contribution is 7.21. The molecule has 1 unspecified atom stereocenters. The zero-order chi connectivity index (χ0) is 24.9. The van der Waals surface area contributed by atoms with Gasteiger partial charge in [0.25, 0.3) is 5.91 Å². The summed E-state index contributed by atoms with van der Waals surface area (Å²) in [6, 6.07) is 21.0. The fourth-order valence-electron chi connectivity index (χ4n) is 5.04. The van der Waals surface area contributed by atoms with Gasteiger partial charge in [0.1, 0.15) is 17.1 Å². The zero-order valence-corrected chi connectivity index (χ0v) is 20.5. The van der Waals surface area contributed by atoms with Crippen LogP contribution in [0.15, 0.2) is 66.7 Å². The van der Waals surface area contributed by atoms with E-state index in [4.69, 9.17) is 4.98 Å². The summed E-state index contributed by atoms with van der Waals surface area (Å²) < 4.78 is 1.13. The first-order valence-electron chi connectivity index (χ1n) is 11.9. The highest BCUT2D eigenvalue weighted by Crippen LogP contribution is 2.34. The molecule has 1 saturated heterocycles. The average molecular weight is 497 g/mol. The van der Waals surface area contributed by atoms with E-state index in [1.165, 1.54) is 11.1 Å². The third-order valence-electron chi connectivity index (χ3n) is 6.94. The van der Waals surface area contributed by atoms with Crippen LogP contribution in [0, 0.1) is 6.92 Å². The lowest BCUT2D eigenvalue weighted by Crippen LogP contribution is -2.51. The number of hydrogen-bond donors (Lipinski definition) is 2. The number of carbonyl (C=O) groups excluding carboxylic acids is 3. The van der Waals surface area contributed by atoms with Gasteiger partial charge in [-0.2, -0.15) is 0 Å². The number of rotatable bonds is 4. The Labute approximate surface area is 212 Å². The predicted octanol–water partition coefficient (Wildman–Crippen LogP) is 4.69. The molecule has 0 saturated carbocycles. The first-order chi connectivity index (χ1) is 17.4. The van der Waals surface area contributed by atoms with Crippen molar-refractivity contribution in [3.05, 3.63) is 83.4 Å². The fourth-order valence-corrected chi connectivity index (χ4v) is 6.11. The van der Waals surface area contributed by atoms with E-state index in [0.29, 0.717) is 24.9 Å². The van der Waals surface area contributed by atoms with Gasteiger partial charge >= 0.3 is 6.03 Å². The van der Waals surface area contributed by atoms with Crippen molar-refractivity contribution < 1.29 is 14.4 Å². The van der Waals surface area contributed by atoms with E-state index in [1.54, 1.807) is 23.5 Å². The van der Waals surface area contributed by atoms with Crippen molar-refractivity contribution in [2.75, 3.05) is 11.9 Å². The van der Waals surface area contributed by atoms with E-state index in [2.05, 4.69) is 29.7 Å². The summed E-state index contributed by atoms with van der Waals surface area (Å²) in [5.41, 5.74) is 5.00. The number of nitrogens with zero attached hydrogens (tertiary/aromatic N) is 2. The van der Waals surface area contributed by atoms with E-state index >= 15 is 0 Å². The molecule has 2 N–H and O–H groups in total. The Kier molecular flexibility index (Phi) is 5.34. The normalized spacial score (nSPS) is 19.0. The van der Waals surface area contributed by atoms with Gasteiger partial charge in [0.15, 0.2) is 0 Å². The summed E-state index contributed by atoms with van der Waals surface area (Å²) >= 11 is 1.63. The summed E-state index contributed by atoms with van der Waals surface area (Å²) in [4.78, 5) is 44.4. The van der Waals surface area contributed by atoms with E-state index in [9.17, 15) is 14.4 Å². The highest BCUT2D eigenvalue weighted by atomic mass is 32.1. The minimum absolute atomic E-state index is 0.326. The number of urea groups is 1. The second kappa shape index (κ2) is 8.57. The van der Waals surface area contributed by atoms with Crippen LogP contribution in [-0.2, 0) is 22.4 Å². The number of amides is 4. The Bertz CT molecular complexity index is 1530. The van der Waals surface area contributed by atoms with Crippen molar-refractivity contribution in [1.29, 1.82) is 0 Å². The predicted molar refractivity (Wildman–Crippen MR) is 140 cm³/mol. The number of aryl methyl sites for hydroxylation is 2. The van der Waals surface area contributed by atoms with Gasteiger partial charge in [0, 0.05) is 17.7 Å². The molecular weight excluding hydrogens is 472 g/mol. The third-order valence-corrected chi connectivity index (χ3v) is 8.01. The Morgan fingerprint density at radius 2 is 1.86 bits per heavy atom. The van der Waals surface area contributed by atoms with Crippen molar-refractivity contribution in [3.8, 4) is 10.6 Å². The van der Waals surface area contributed by atoms with Crippen molar-refractivity contribution in [1.82, 2.24) is 15.2 Å². The van der Waals surface area contributed by atoms with Gasteiger partial charge in [-0.15, -0.1) is 11.3 Å². The number of thiazole rings is 1. The number of nitrogens with one attached hydrogen (secondary N) is 2. The quantitative estimate of drug-likeness (QED) is 0.401. The highest BCUT2D eigenvalue weighted by Gasteiger charge is 2.52. The maximum Gasteiger partial charge on any atom is 0.325 e. The molecule has 0 bridgehead atoms. The van der Waals surface area contributed by atoms with Crippen LogP contribution >= 0.6 is 11.3 Å². The zero-order valence-electron chi connectivity index (χ0n) is 19.7. The molecule has 1 aliphatic carbocycles. The van der Waals surface area contributed by atoms with Crippen molar-refractivity contribution in [2.24, 2.45) is 0 Å². The van der Waals surface area contributed by atoms with Crippen LogP contribution in [-0.4, -0.2) is 39.8 Å². The summed E-state index contributed by atoms with van der Waals surface area (Å²) in [6.45, 7) is 1.73. The number of fused-ring (bicyclic) bond motifs is 2. The van der Waals surface area contributed by atoms with Gasteiger partial charge in [0.05, 0.1) is 10.2 Å². The van der Waals surface area contributed by atoms with Crippen LogP contribution in [0.25, 0.3) is 20.8 Å². The summed E-state index contributed by atoms with van der Waals surface area (Å²) in [5.74, 6) is -0.756. The van der Waals surface area contributed by atoms with E-state index in [-0.39, 0.29) is 12.5 Å². The molecule has 2 heterocycles. The number of hydrogen-bond acceptors (Lipinski definition) is 5. The summed E-state index contributed by atoms with van der Waals surface area (Å²) in [5, 5.41) is 6.58. The molecule has 8 heteroatoms. The molecule has 0 radical (unpaired) electrons. The monoisotopic (exact) mass is 496 g/mol. The average Bonchev–Trinajstić information content (AvgIpc) is 3.38. The Morgan fingerprint density at radius 3 is 2.67 bits per heavy atom. The van der Waals surface area contributed by atoms with Gasteiger partial charge in [-0.05, 0) is 72.9 Å². The smallest absolute Gasteiger partial charge is 0.325 e. The largest absolute Gasteiger partial charge is 0.325 e. The molecule has 3 aromatic carbocycles. The van der Waals surface area contributed by atoms with Crippen LogP contribution in [0.2, 0.25) is 0 Å². The Hall–Kier alpha value is -4.04. The molecule has 7 nitrogen and oxygen atoms in total. The Balaban J connectivity index is 1.12. The molecular formula is C28H24N4O3S. The molecule has 180 valence electrons. The van der Waals surface area contributed by atoms with E-state index < -0.39 is 17.5 Å². The molecule has 1 spiro atoms. The topological polar surface area (TPSA) is 91.4 Å². The lowest BCUT2D eigenvalue weighted by Gasteiger charge is -2.32. The van der Waals surface area contributed by atoms with Crippen LogP contribution in [0.5, 0.6) is 0 Å². The maximum absolute atomic E-state index is 13.2. The van der Waals surface area contributed by atoms with Gasteiger partial charge in [-0.1, -0.05) is 30.3 Å². The van der Waals surface area contributed by atoms with Crippen molar-refractivity contribution >= 4 is 45.1 Å². The molecule has 4 amide bonds. The molecule has 1 atom stereocenters. The molecule has 36 heavy (non-hydrogen) atoms. The Morgan fingerprint density at radius 1 is 1.08 bits per heavy atom. The fraction of sp³-hybridized carbons (Fsp3) is 0.214. The lowest BCUT2D eigenvalue weighted by atomic mass is 9.78. The molecule has 6 rings (SSSR count). The van der Waals surface area contributed by atoms with Crippen molar-refractivity contribution in [2.45, 2.75) is 31.7 Å². The van der Waals surface area contributed by atoms with Gasteiger partial charge in [0.2, 0.25) is 5.91 Å². The number of benzene rings is 3. The summed E-state index contributed by atoms with van der Waals surface area (Å²) in [6.07, 6.45) is 1.68. The molecule has 1 fully saturated rings. The minimum Gasteiger partial charge on any atom is -0.325 e. The first-order valence-corrected chi connectivity index (χ1v) is 12.7. The van der Waals surface area contributed by atoms with E-state index in [1.807, 2.05) is 42.5 Å². The maximum atomic E-state index is 13.2. The van der Waals surface area contributed by atoms with Crippen molar-refractivity contribution in [3.63, 3.8) is 0 Å². The number of aromatic nitrogens is 1. The molecule has 2 aliphatic rings. The second-order valence-corrected chi connectivity index (χ2v) is 10.5. The third kappa shape index (κ3) is 3.93. The standard InChI is InChI=1S/C28H24N4O3S/c1-17-6-11-22-23(14-17)36-25(30-22)19-7-9-21(10-8-19)29-24(33)16-32-26(34)28(31-27(32)35)13-12-18-4-2-3-5-20(18)15-28/h2-11,14H,12-13,15-16H2,1H3,(H,29,33)(H,31,35). The second-order valence-electron chi connectivity index (χ2n) is 9.46. The van der Waals surface area contributed by atoms with Crippen LogP contribution in [0.3, 0.4) is 0 Å². The first kappa shape index (κ1) is 22.4. The summed E-state index contributed by atoms with van der Waals surface area (Å²) in [7, 11) is 0. The molecule has 4 aromatic rings. The van der Waals surface area contributed by atoms with Gasteiger partial charge < -0.3 is 10.6 Å². The van der Waals surface area contributed by atoms with E-state index in [0.717, 1.165) is 31.3 Å². The van der Waals surface area contributed by atoms with Crippen LogP contribution < -0.4 is 10.6 Å². The number of carbonyl (C=O) groups is 3. The minimum atomic E-state index is -0.969. The van der Waals surface area contributed by atoms with Gasteiger partial charge in [-0.3, -0.25) is 14.5 Å². The molecule has 1 aromatic heterocycles. The lowest BCUT2D eigenvalue weighted by molar-refractivity contribution is -0.134. The van der Waals surface area contributed by atoms with Crippen LogP contribution in [0.4, 0.5) is 10.5 Å². The van der Waals surface area contributed by atoms with Gasteiger partial charge in [-0.25, -0.2) is 9.78 Å². The SMILES string of the molecule is Cc1ccc2nc(-c3ccc(NC(=O)CN4C(=O)NC5(CCc6ccccc6C5)C4=O)cc3)sc2c1. The number of imide groups is 1. The molecule has 1 aliphatic heterocycles.